The van der Waals surface area contributed by atoms with E-state index in [1.54, 1.807) is 31.2 Å². The average molecular weight is 445 g/mol. The fraction of sp³-hybridized carbons (Fsp3) is 0.115. The van der Waals surface area contributed by atoms with E-state index in [2.05, 4.69) is 5.32 Å². The molecule has 0 unspecified atom stereocenters. The van der Waals surface area contributed by atoms with Crippen molar-refractivity contribution in [1.82, 2.24) is 0 Å². The molecule has 0 heterocycles. The van der Waals surface area contributed by atoms with Gasteiger partial charge in [-0.05, 0) is 59.7 Å². The van der Waals surface area contributed by atoms with Gasteiger partial charge in [0, 0.05) is 12.2 Å². The molecular formula is C26H24N2O3S. The van der Waals surface area contributed by atoms with E-state index in [1.807, 2.05) is 60.7 Å². The smallest absolute Gasteiger partial charge is 0.264 e. The number of anilines is 2. The van der Waals surface area contributed by atoms with E-state index in [-0.39, 0.29) is 17.2 Å². The van der Waals surface area contributed by atoms with Crippen LogP contribution in [0.2, 0.25) is 0 Å². The summed E-state index contributed by atoms with van der Waals surface area (Å²) < 4.78 is 27.6. The SMILES string of the molecule is CCN(c1ccccc1)S(=O)(=O)c1ccc(NC(=O)Cc2cccc3ccccc23)cc1. The maximum atomic E-state index is 13.1. The Labute approximate surface area is 188 Å². The van der Waals surface area contributed by atoms with Crippen LogP contribution in [0.25, 0.3) is 10.8 Å². The van der Waals surface area contributed by atoms with Crippen LogP contribution in [-0.4, -0.2) is 20.9 Å². The molecular weight excluding hydrogens is 420 g/mol. The van der Waals surface area contributed by atoms with E-state index >= 15 is 0 Å². The Morgan fingerprint density at radius 2 is 1.47 bits per heavy atom. The highest BCUT2D eigenvalue weighted by Gasteiger charge is 2.23. The molecule has 4 rings (SSSR count). The normalized spacial score (nSPS) is 11.3. The van der Waals surface area contributed by atoms with Crippen molar-refractivity contribution in [2.45, 2.75) is 18.2 Å². The molecule has 0 aromatic heterocycles. The van der Waals surface area contributed by atoms with Gasteiger partial charge in [0.25, 0.3) is 10.0 Å². The van der Waals surface area contributed by atoms with Crippen molar-refractivity contribution < 1.29 is 13.2 Å². The zero-order valence-corrected chi connectivity index (χ0v) is 18.5. The third kappa shape index (κ3) is 4.50. The third-order valence-electron chi connectivity index (χ3n) is 5.29. The lowest BCUT2D eigenvalue weighted by molar-refractivity contribution is -0.115. The lowest BCUT2D eigenvalue weighted by atomic mass is 10.0. The lowest BCUT2D eigenvalue weighted by Crippen LogP contribution is -2.30. The first-order valence-corrected chi connectivity index (χ1v) is 11.9. The summed E-state index contributed by atoms with van der Waals surface area (Å²) >= 11 is 0. The van der Waals surface area contributed by atoms with Crippen molar-refractivity contribution in [3.63, 3.8) is 0 Å². The number of sulfonamides is 1. The first kappa shape index (κ1) is 21.6. The van der Waals surface area contributed by atoms with Gasteiger partial charge >= 0.3 is 0 Å². The summed E-state index contributed by atoms with van der Waals surface area (Å²) in [5, 5.41) is 5.00. The van der Waals surface area contributed by atoms with Gasteiger partial charge in [0.1, 0.15) is 0 Å². The van der Waals surface area contributed by atoms with Gasteiger partial charge in [0.15, 0.2) is 0 Å². The predicted molar refractivity (Wildman–Crippen MR) is 129 cm³/mol. The van der Waals surface area contributed by atoms with E-state index < -0.39 is 10.0 Å². The Bertz CT molecular complexity index is 1330. The van der Waals surface area contributed by atoms with Gasteiger partial charge < -0.3 is 5.32 Å². The van der Waals surface area contributed by atoms with Crippen molar-refractivity contribution in [1.29, 1.82) is 0 Å². The fourth-order valence-corrected chi connectivity index (χ4v) is 5.22. The molecule has 1 amide bonds. The quantitative estimate of drug-likeness (QED) is 0.424. The highest BCUT2D eigenvalue weighted by atomic mass is 32.2. The molecule has 0 aliphatic carbocycles. The van der Waals surface area contributed by atoms with Crippen LogP contribution in [0.5, 0.6) is 0 Å². The summed E-state index contributed by atoms with van der Waals surface area (Å²) in [5.41, 5.74) is 2.11. The number of rotatable bonds is 7. The van der Waals surface area contributed by atoms with Gasteiger partial charge in [-0.15, -0.1) is 0 Å². The minimum atomic E-state index is -3.70. The molecule has 0 saturated heterocycles. The van der Waals surface area contributed by atoms with Crippen LogP contribution in [0.3, 0.4) is 0 Å². The lowest BCUT2D eigenvalue weighted by Gasteiger charge is -2.23. The maximum absolute atomic E-state index is 13.1. The van der Waals surface area contributed by atoms with Crippen molar-refractivity contribution in [2.24, 2.45) is 0 Å². The van der Waals surface area contributed by atoms with E-state index in [4.69, 9.17) is 0 Å². The molecule has 0 radical (unpaired) electrons. The standard InChI is InChI=1S/C26H24N2O3S/c1-2-28(23-12-4-3-5-13-23)32(30,31)24-17-15-22(16-18-24)27-26(29)19-21-11-8-10-20-9-6-7-14-25(20)21/h3-18H,2,19H2,1H3,(H,27,29). The molecule has 162 valence electrons. The van der Waals surface area contributed by atoms with Crippen LogP contribution in [0.1, 0.15) is 12.5 Å². The number of nitrogens with zero attached hydrogens (tertiary/aromatic N) is 1. The van der Waals surface area contributed by atoms with E-state index in [0.29, 0.717) is 17.9 Å². The molecule has 32 heavy (non-hydrogen) atoms. The van der Waals surface area contributed by atoms with Crippen molar-refractivity contribution in [3.05, 3.63) is 103 Å². The van der Waals surface area contributed by atoms with E-state index in [1.165, 1.54) is 16.4 Å². The second-order valence-electron chi connectivity index (χ2n) is 7.39. The molecule has 5 nitrogen and oxygen atoms in total. The molecule has 0 saturated carbocycles. The number of amides is 1. The first-order valence-electron chi connectivity index (χ1n) is 10.4. The van der Waals surface area contributed by atoms with Crippen LogP contribution in [0, 0.1) is 0 Å². The Morgan fingerprint density at radius 3 is 2.19 bits per heavy atom. The fourth-order valence-electron chi connectivity index (χ4n) is 3.75. The summed E-state index contributed by atoms with van der Waals surface area (Å²) in [6.45, 7) is 2.11. The maximum Gasteiger partial charge on any atom is 0.264 e. The van der Waals surface area contributed by atoms with Crippen LogP contribution < -0.4 is 9.62 Å². The van der Waals surface area contributed by atoms with Crippen LogP contribution in [0.4, 0.5) is 11.4 Å². The summed E-state index contributed by atoms with van der Waals surface area (Å²) in [7, 11) is -3.70. The van der Waals surface area contributed by atoms with E-state index in [9.17, 15) is 13.2 Å². The number of hydrogen-bond donors (Lipinski definition) is 1. The van der Waals surface area contributed by atoms with Crippen LogP contribution >= 0.6 is 0 Å². The molecule has 0 fully saturated rings. The summed E-state index contributed by atoms with van der Waals surface area (Å²) in [5.74, 6) is -0.156. The van der Waals surface area contributed by atoms with Gasteiger partial charge in [-0.25, -0.2) is 8.42 Å². The minimum Gasteiger partial charge on any atom is -0.326 e. The average Bonchev–Trinajstić information content (AvgIpc) is 2.81. The zero-order chi connectivity index (χ0) is 22.6. The summed E-state index contributed by atoms with van der Waals surface area (Å²) in [4.78, 5) is 12.8. The zero-order valence-electron chi connectivity index (χ0n) is 17.7. The Hall–Kier alpha value is -3.64. The number of nitrogens with one attached hydrogen (secondary N) is 1. The van der Waals surface area contributed by atoms with Crippen molar-refractivity contribution in [3.8, 4) is 0 Å². The second kappa shape index (κ2) is 9.24. The monoisotopic (exact) mass is 444 g/mol. The first-order chi connectivity index (χ1) is 15.5. The van der Waals surface area contributed by atoms with Crippen LogP contribution in [-0.2, 0) is 21.2 Å². The van der Waals surface area contributed by atoms with Gasteiger partial charge in [-0.2, -0.15) is 0 Å². The number of carbonyl (C=O) groups excluding carboxylic acids is 1. The molecule has 0 aliphatic heterocycles. The highest BCUT2D eigenvalue weighted by Crippen LogP contribution is 2.24. The predicted octanol–water partition coefficient (Wildman–Crippen LogP) is 5.24. The molecule has 0 bridgehead atoms. The minimum absolute atomic E-state index is 0.156. The number of fused-ring (bicyclic) bond motifs is 1. The molecule has 0 aliphatic rings. The molecule has 4 aromatic rings. The van der Waals surface area contributed by atoms with Gasteiger partial charge in [0.05, 0.1) is 17.0 Å². The Morgan fingerprint density at radius 1 is 0.812 bits per heavy atom. The van der Waals surface area contributed by atoms with E-state index in [0.717, 1.165) is 16.3 Å². The van der Waals surface area contributed by atoms with Crippen molar-refractivity contribution >= 4 is 38.1 Å². The number of hydrogen-bond acceptors (Lipinski definition) is 3. The Kier molecular flexibility index (Phi) is 6.23. The van der Waals surface area contributed by atoms with Crippen molar-refractivity contribution in [2.75, 3.05) is 16.2 Å². The number of benzene rings is 4. The number of para-hydroxylation sites is 1. The molecule has 0 spiro atoms. The van der Waals surface area contributed by atoms with Gasteiger partial charge in [-0.1, -0.05) is 60.7 Å². The summed E-state index contributed by atoms with van der Waals surface area (Å²) in [6.07, 6.45) is 0.235. The molecule has 0 atom stereocenters. The van der Waals surface area contributed by atoms with Gasteiger partial charge in [0.2, 0.25) is 5.91 Å². The molecule has 1 N–H and O–H groups in total. The third-order valence-corrected chi connectivity index (χ3v) is 7.21. The molecule has 6 heteroatoms. The Balaban J connectivity index is 1.49. The largest absolute Gasteiger partial charge is 0.326 e. The number of carbonyl (C=O) groups is 1. The van der Waals surface area contributed by atoms with Crippen LogP contribution in [0.15, 0.2) is 102 Å². The topological polar surface area (TPSA) is 66.5 Å². The van der Waals surface area contributed by atoms with Gasteiger partial charge in [-0.3, -0.25) is 9.10 Å². The summed E-state index contributed by atoms with van der Waals surface area (Å²) in [6, 6.07) is 29.1. The second-order valence-corrected chi connectivity index (χ2v) is 9.26. The highest BCUT2D eigenvalue weighted by molar-refractivity contribution is 7.92. The molecule has 4 aromatic carbocycles.